The largest absolute Gasteiger partial charge is 0.383 e. The summed E-state index contributed by atoms with van der Waals surface area (Å²) in [5.41, 5.74) is 13.5. The van der Waals surface area contributed by atoms with Crippen LogP contribution in [0.5, 0.6) is 0 Å². The van der Waals surface area contributed by atoms with Crippen LogP contribution in [0.25, 0.3) is 0 Å². The number of nitrogens with zero attached hydrogens (tertiary/aromatic N) is 3. The van der Waals surface area contributed by atoms with Crippen LogP contribution in [0.1, 0.15) is 41.0 Å². The molecular weight excluding hydrogens is 314 g/mol. The van der Waals surface area contributed by atoms with Crippen LogP contribution in [0.2, 0.25) is 5.02 Å². The van der Waals surface area contributed by atoms with E-state index in [-0.39, 0.29) is 5.56 Å². The summed E-state index contributed by atoms with van der Waals surface area (Å²) < 4.78 is 0. The van der Waals surface area contributed by atoms with Crippen LogP contribution >= 0.6 is 11.6 Å². The van der Waals surface area contributed by atoms with E-state index in [0.717, 1.165) is 11.3 Å². The summed E-state index contributed by atoms with van der Waals surface area (Å²) in [4.78, 5) is 23.5. The molecule has 0 aliphatic carbocycles. The molecule has 0 fully saturated rings. The molecule has 0 aliphatic heterocycles. The minimum absolute atomic E-state index is 0.281. The molecule has 2 aromatic rings. The van der Waals surface area contributed by atoms with Gasteiger partial charge in [0.15, 0.2) is 0 Å². The molecule has 0 radical (unpaired) electrons. The SMILES string of the molecule is CC.Cc1ncnc(N)c1C=NCc1ccc(Cl)c(C(N)=O)c1. The van der Waals surface area contributed by atoms with Crippen LogP contribution in [-0.2, 0) is 6.54 Å². The van der Waals surface area contributed by atoms with Crippen LogP contribution < -0.4 is 11.5 Å². The summed E-state index contributed by atoms with van der Waals surface area (Å²) in [7, 11) is 0. The minimum atomic E-state index is -0.567. The zero-order valence-electron chi connectivity index (χ0n) is 13.4. The molecule has 1 aromatic carbocycles. The van der Waals surface area contributed by atoms with Crippen molar-refractivity contribution in [1.29, 1.82) is 0 Å². The highest BCUT2D eigenvalue weighted by Gasteiger charge is 2.07. The lowest BCUT2D eigenvalue weighted by Crippen LogP contribution is -2.11. The molecule has 1 heterocycles. The minimum Gasteiger partial charge on any atom is -0.383 e. The number of rotatable bonds is 4. The smallest absolute Gasteiger partial charge is 0.250 e. The van der Waals surface area contributed by atoms with E-state index in [1.807, 2.05) is 20.8 Å². The Labute approximate surface area is 140 Å². The number of primary amides is 1. The molecule has 0 unspecified atom stereocenters. The standard InChI is InChI=1S/C14H14ClN5O.C2H6/c1-8-11(13(16)20-7-19-8)6-18-5-9-2-3-12(15)10(4-9)14(17)21;1-2/h2-4,6-7H,5H2,1H3,(H2,17,21)(H2,16,19,20);1-2H3. The van der Waals surface area contributed by atoms with E-state index in [1.165, 1.54) is 6.33 Å². The normalized spacial score (nSPS) is 10.3. The van der Waals surface area contributed by atoms with Crippen LogP contribution in [0, 0.1) is 6.92 Å². The Hall–Kier alpha value is -2.47. The van der Waals surface area contributed by atoms with E-state index in [1.54, 1.807) is 24.4 Å². The predicted molar refractivity (Wildman–Crippen MR) is 93.8 cm³/mol. The number of carbonyl (C=O) groups excluding carboxylic acids is 1. The van der Waals surface area contributed by atoms with E-state index in [4.69, 9.17) is 23.1 Å². The third kappa shape index (κ3) is 5.03. The van der Waals surface area contributed by atoms with Crippen molar-refractivity contribution in [2.75, 3.05) is 5.73 Å². The van der Waals surface area contributed by atoms with E-state index in [9.17, 15) is 4.79 Å². The van der Waals surface area contributed by atoms with Gasteiger partial charge in [0.25, 0.3) is 0 Å². The molecule has 0 bridgehead atoms. The van der Waals surface area contributed by atoms with Crippen molar-refractivity contribution >= 4 is 29.5 Å². The first-order chi connectivity index (χ1) is 11.0. The van der Waals surface area contributed by atoms with E-state index in [0.29, 0.717) is 22.9 Å². The topological polar surface area (TPSA) is 107 Å². The van der Waals surface area contributed by atoms with Crippen molar-refractivity contribution in [3.63, 3.8) is 0 Å². The number of hydrogen-bond acceptors (Lipinski definition) is 5. The Balaban J connectivity index is 0.00000127. The predicted octanol–water partition coefficient (Wildman–Crippen LogP) is 2.76. The molecule has 23 heavy (non-hydrogen) atoms. The van der Waals surface area contributed by atoms with E-state index in [2.05, 4.69) is 15.0 Å². The maximum absolute atomic E-state index is 11.2. The second-order valence-electron chi connectivity index (χ2n) is 4.41. The van der Waals surface area contributed by atoms with Gasteiger partial charge in [0.05, 0.1) is 28.4 Å². The monoisotopic (exact) mass is 333 g/mol. The number of anilines is 1. The lowest BCUT2D eigenvalue weighted by Gasteiger charge is -2.04. The van der Waals surface area contributed by atoms with Gasteiger partial charge >= 0.3 is 0 Å². The summed E-state index contributed by atoms with van der Waals surface area (Å²) in [6.07, 6.45) is 3.02. The van der Waals surface area contributed by atoms with Gasteiger partial charge in [-0.05, 0) is 24.6 Å². The molecule has 6 nitrogen and oxygen atoms in total. The molecule has 4 N–H and O–H groups in total. The maximum Gasteiger partial charge on any atom is 0.250 e. The first-order valence-corrected chi connectivity index (χ1v) is 7.52. The summed E-state index contributed by atoms with van der Waals surface area (Å²) in [6, 6.07) is 5.03. The molecule has 1 aromatic heterocycles. The Morgan fingerprint density at radius 2 is 2.04 bits per heavy atom. The second-order valence-corrected chi connectivity index (χ2v) is 4.81. The maximum atomic E-state index is 11.2. The first-order valence-electron chi connectivity index (χ1n) is 7.14. The molecule has 7 heteroatoms. The van der Waals surface area contributed by atoms with Gasteiger partial charge in [-0.15, -0.1) is 0 Å². The molecule has 0 aliphatic rings. The number of amides is 1. The summed E-state index contributed by atoms with van der Waals surface area (Å²) >= 11 is 5.89. The molecule has 0 spiro atoms. The Morgan fingerprint density at radius 1 is 1.35 bits per heavy atom. The molecule has 122 valence electrons. The average molecular weight is 334 g/mol. The number of nitrogen functional groups attached to an aromatic ring is 1. The summed E-state index contributed by atoms with van der Waals surface area (Å²) in [6.45, 7) is 6.19. The number of carbonyl (C=O) groups is 1. The van der Waals surface area contributed by atoms with Crippen molar-refractivity contribution in [2.45, 2.75) is 27.3 Å². The fourth-order valence-electron chi connectivity index (χ4n) is 1.76. The van der Waals surface area contributed by atoms with Gasteiger partial charge in [0.2, 0.25) is 5.91 Å². The van der Waals surface area contributed by atoms with Gasteiger partial charge in [-0.2, -0.15) is 0 Å². The van der Waals surface area contributed by atoms with Crippen LogP contribution in [0.4, 0.5) is 5.82 Å². The van der Waals surface area contributed by atoms with Crippen molar-refractivity contribution in [3.8, 4) is 0 Å². The number of aromatic nitrogens is 2. The number of aliphatic imine (C=N–C) groups is 1. The molecule has 1 amide bonds. The van der Waals surface area contributed by atoms with Crippen LogP contribution in [-0.4, -0.2) is 22.1 Å². The molecular formula is C16H20ClN5O. The third-order valence-corrected chi connectivity index (χ3v) is 3.23. The molecule has 0 saturated carbocycles. The first kappa shape index (κ1) is 18.6. The zero-order chi connectivity index (χ0) is 17.4. The number of benzene rings is 1. The van der Waals surface area contributed by atoms with Crippen LogP contribution in [0.3, 0.4) is 0 Å². The summed E-state index contributed by atoms with van der Waals surface area (Å²) in [5.74, 6) is -0.192. The highest BCUT2D eigenvalue weighted by Crippen LogP contribution is 2.17. The fourth-order valence-corrected chi connectivity index (χ4v) is 1.97. The van der Waals surface area contributed by atoms with E-state index < -0.39 is 5.91 Å². The van der Waals surface area contributed by atoms with Gasteiger partial charge in [-0.25, -0.2) is 9.97 Å². The fraction of sp³-hybridized carbons (Fsp3) is 0.250. The second kappa shape index (κ2) is 8.85. The highest BCUT2D eigenvalue weighted by atomic mass is 35.5. The van der Waals surface area contributed by atoms with Gasteiger partial charge in [-0.3, -0.25) is 9.79 Å². The zero-order valence-corrected chi connectivity index (χ0v) is 14.1. The number of aryl methyl sites for hydroxylation is 1. The quantitative estimate of drug-likeness (QED) is 0.838. The van der Waals surface area contributed by atoms with Gasteiger partial charge in [0, 0.05) is 6.21 Å². The molecule has 0 saturated heterocycles. The lowest BCUT2D eigenvalue weighted by molar-refractivity contribution is 0.100. The van der Waals surface area contributed by atoms with Crippen molar-refractivity contribution < 1.29 is 4.79 Å². The average Bonchev–Trinajstić information content (AvgIpc) is 2.53. The van der Waals surface area contributed by atoms with Crippen molar-refractivity contribution in [1.82, 2.24) is 9.97 Å². The van der Waals surface area contributed by atoms with Gasteiger partial charge in [-0.1, -0.05) is 31.5 Å². The number of halogens is 1. The Kier molecular flexibility index (Phi) is 7.15. The van der Waals surface area contributed by atoms with Crippen LogP contribution in [0.15, 0.2) is 29.5 Å². The lowest BCUT2D eigenvalue weighted by atomic mass is 10.1. The van der Waals surface area contributed by atoms with Gasteiger partial charge in [0.1, 0.15) is 12.1 Å². The third-order valence-electron chi connectivity index (χ3n) is 2.90. The highest BCUT2D eigenvalue weighted by molar-refractivity contribution is 6.33. The number of nitrogens with two attached hydrogens (primary N) is 2. The number of hydrogen-bond donors (Lipinski definition) is 2. The van der Waals surface area contributed by atoms with E-state index >= 15 is 0 Å². The molecule has 0 atom stereocenters. The van der Waals surface area contributed by atoms with Crippen molar-refractivity contribution in [2.24, 2.45) is 10.7 Å². The summed E-state index contributed by atoms with van der Waals surface area (Å²) in [5, 5.41) is 0.326. The molecule has 2 rings (SSSR count). The Bertz CT molecular complexity index is 695. The van der Waals surface area contributed by atoms with Gasteiger partial charge < -0.3 is 11.5 Å². The Morgan fingerprint density at radius 3 is 2.65 bits per heavy atom. The van der Waals surface area contributed by atoms with Crippen molar-refractivity contribution in [3.05, 3.63) is 51.9 Å².